The lowest BCUT2D eigenvalue weighted by molar-refractivity contribution is -0.122. The van der Waals surface area contributed by atoms with Crippen LogP contribution in [-0.2, 0) is 9.59 Å². The standard InChI is InChI=1S/C13H10ClN3O2S/c14-8-1-3-9(4-2-8)16-12(19)10-7-11(18)17-6-5-15-13(17)20-10/h1-4,7H,5-6H2,(H,16,19). The molecule has 0 aliphatic carbocycles. The minimum absolute atomic E-state index is 0.193. The van der Waals surface area contributed by atoms with E-state index in [2.05, 4.69) is 10.3 Å². The molecule has 0 aromatic heterocycles. The zero-order valence-corrected chi connectivity index (χ0v) is 11.9. The van der Waals surface area contributed by atoms with E-state index in [0.717, 1.165) is 0 Å². The van der Waals surface area contributed by atoms with Crippen molar-refractivity contribution in [2.45, 2.75) is 0 Å². The molecule has 0 atom stereocenters. The number of carbonyl (C=O) groups is 2. The molecule has 0 saturated heterocycles. The van der Waals surface area contributed by atoms with E-state index in [0.29, 0.717) is 33.9 Å². The number of amides is 2. The van der Waals surface area contributed by atoms with Crippen LogP contribution in [0, 0.1) is 0 Å². The lowest BCUT2D eigenvalue weighted by Crippen LogP contribution is -2.35. The molecule has 2 heterocycles. The van der Waals surface area contributed by atoms with Crippen LogP contribution in [0.3, 0.4) is 0 Å². The molecule has 0 bridgehead atoms. The fourth-order valence-corrected chi connectivity index (χ4v) is 2.95. The van der Waals surface area contributed by atoms with E-state index in [9.17, 15) is 9.59 Å². The van der Waals surface area contributed by atoms with E-state index in [-0.39, 0.29) is 11.8 Å². The minimum atomic E-state index is -0.320. The van der Waals surface area contributed by atoms with E-state index in [4.69, 9.17) is 11.6 Å². The average molecular weight is 308 g/mol. The van der Waals surface area contributed by atoms with Crippen molar-refractivity contribution in [3.8, 4) is 0 Å². The van der Waals surface area contributed by atoms with Gasteiger partial charge in [-0.25, -0.2) is 0 Å². The Balaban J connectivity index is 1.76. The summed E-state index contributed by atoms with van der Waals surface area (Å²) in [6.07, 6.45) is 1.35. The second-order valence-electron chi connectivity index (χ2n) is 4.23. The van der Waals surface area contributed by atoms with Crippen LogP contribution in [0.15, 0.2) is 40.2 Å². The summed E-state index contributed by atoms with van der Waals surface area (Å²) in [7, 11) is 0. The zero-order valence-electron chi connectivity index (χ0n) is 10.3. The topological polar surface area (TPSA) is 61.8 Å². The quantitative estimate of drug-likeness (QED) is 0.910. The monoisotopic (exact) mass is 307 g/mol. The highest BCUT2D eigenvalue weighted by molar-refractivity contribution is 8.18. The molecular weight excluding hydrogens is 298 g/mol. The number of anilines is 1. The first-order valence-corrected chi connectivity index (χ1v) is 7.15. The number of benzene rings is 1. The second-order valence-corrected chi connectivity index (χ2v) is 5.67. The second kappa shape index (κ2) is 5.30. The molecule has 102 valence electrons. The Hall–Kier alpha value is -1.79. The van der Waals surface area contributed by atoms with Gasteiger partial charge in [-0.05, 0) is 36.0 Å². The summed E-state index contributed by atoms with van der Waals surface area (Å²) >= 11 is 7.00. The average Bonchev–Trinajstić information content (AvgIpc) is 2.90. The Morgan fingerprint density at radius 3 is 2.85 bits per heavy atom. The van der Waals surface area contributed by atoms with Crippen molar-refractivity contribution in [1.29, 1.82) is 0 Å². The highest BCUT2D eigenvalue weighted by Crippen LogP contribution is 2.29. The summed E-state index contributed by atoms with van der Waals surface area (Å²) in [4.78, 5) is 30.1. The van der Waals surface area contributed by atoms with Gasteiger partial charge < -0.3 is 5.32 Å². The maximum Gasteiger partial charge on any atom is 0.262 e. The van der Waals surface area contributed by atoms with Crippen molar-refractivity contribution in [3.63, 3.8) is 0 Å². The Kier molecular flexibility index (Phi) is 3.50. The van der Waals surface area contributed by atoms with Crippen LogP contribution >= 0.6 is 23.4 Å². The number of hydrogen-bond acceptors (Lipinski definition) is 4. The lowest BCUT2D eigenvalue weighted by Gasteiger charge is -2.21. The molecule has 1 aromatic carbocycles. The first-order valence-electron chi connectivity index (χ1n) is 5.96. The Morgan fingerprint density at radius 1 is 1.35 bits per heavy atom. The van der Waals surface area contributed by atoms with Crippen LogP contribution in [0.25, 0.3) is 0 Å². The molecule has 0 unspecified atom stereocenters. The van der Waals surface area contributed by atoms with Crippen LogP contribution in [-0.4, -0.2) is 35.0 Å². The number of amidine groups is 1. The molecule has 0 saturated carbocycles. The Labute approximate surface area is 124 Å². The minimum Gasteiger partial charge on any atom is -0.322 e. The van der Waals surface area contributed by atoms with Crippen molar-refractivity contribution < 1.29 is 9.59 Å². The molecule has 7 heteroatoms. The molecule has 1 N–H and O–H groups in total. The number of rotatable bonds is 2. The number of carbonyl (C=O) groups excluding carboxylic acids is 2. The number of thioether (sulfide) groups is 1. The highest BCUT2D eigenvalue weighted by atomic mass is 35.5. The molecule has 20 heavy (non-hydrogen) atoms. The molecule has 2 aliphatic heterocycles. The first-order chi connectivity index (χ1) is 9.63. The maximum absolute atomic E-state index is 12.1. The van der Waals surface area contributed by atoms with Crippen molar-refractivity contribution in [1.82, 2.24) is 4.90 Å². The van der Waals surface area contributed by atoms with Crippen LogP contribution in [0.4, 0.5) is 5.69 Å². The fraction of sp³-hybridized carbons (Fsp3) is 0.154. The van der Waals surface area contributed by atoms with Gasteiger partial charge in [-0.1, -0.05) is 11.6 Å². The van der Waals surface area contributed by atoms with E-state index < -0.39 is 0 Å². The summed E-state index contributed by atoms with van der Waals surface area (Å²) < 4.78 is 0. The Morgan fingerprint density at radius 2 is 2.10 bits per heavy atom. The predicted octanol–water partition coefficient (Wildman–Crippen LogP) is 2.11. The van der Waals surface area contributed by atoms with Gasteiger partial charge in [0.15, 0.2) is 5.17 Å². The van der Waals surface area contributed by atoms with E-state index in [1.807, 2.05) is 0 Å². The third-order valence-electron chi connectivity index (χ3n) is 2.85. The van der Waals surface area contributed by atoms with Gasteiger partial charge in [0.25, 0.3) is 11.8 Å². The van der Waals surface area contributed by atoms with Gasteiger partial charge in [-0.3, -0.25) is 19.5 Å². The molecule has 0 radical (unpaired) electrons. The van der Waals surface area contributed by atoms with Crippen LogP contribution in [0.1, 0.15) is 0 Å². The number of fused-ring (bicyclic) bond motifs is 1. The largest absolute Gasteiger partial charge is 0.322 e. The predicted molar refractivity (Wildman–Crippen MR) is 79.8 cm³/mol. The SMILES string of the molecule is O=C(Nc1ccc(Cl)cc1)C1=CC(=O)N2CCN=C2S1. The van der Waals surface area contributed by atoms with E-state index >= 15 is 0 Å². The number of halogens is 1. The van der Waals surface area contributed by atoms with Gasteiger partial charge in [-0.2, -0.15) is 0 Å². The molecule has 2 aliphatic rings. The number of aliphatic imine (C=N–C) groups is 1. The molecule has 5 nitrogen and oxygen atoms in total. The van der Waals surface area contributed by atoms with E-state index in [1.54, 1.807) is 29.2 Å². The van der Waals surface area contributed by atoms with Crippen molar-refractivity contribution in [2.75, 3.05) is 18.4 Å². The molecule has 2 amide bonds. The molecule has 0 spiro atoms. The number of nitrogens with one attached hydrogen (secondary N) is 1. The zero-order chi connectivity index (χ0) is 14.1. The molecule has 3 rings (SSSR count). The van der Waals surface area contributed by atoms with E-state index in [1.165, 1.54) is 17.8 Å². The summed E-state index contributed by atoms with van der Waals surface area (Å²) in [5, 5.41) is 3.92. The number of hydrogen-bond donors (Lipinski definition) is 1. The maximum atomic E-state index is 12.1. The Bertz CT molecular complexity index is 640. The summed E-state index contributed by atoms with van der Waals surface area (Å²) in [5.41, 5.74) is 0.629. The molecule has 1 aromatic rings. The lowest BCUT2D eigenvalue weighted by atomic mass is 10.3. The van der Waals surface area contributed by atoms with Gasteiger partial charge in [-0.15, -0.1) is 0 Å². The molecular formula is C13H10ClN3O2S. The number of nitrogens with zero attached hydrogens (tertiary/aromatic N) is 2. The van der Waals surface area contributed by atoms with Gasteiger partial charge in [0.05, 0.1) is 11.4 Å². The van der Waals surface area contributed by atoms with Crippen LogP contribution in [0.2, 0.25) is 5.02 Å². The van der Waals surface area contributed by atoms with Gasteiger partial charge in [0.2, 0.25) is 0 Å². The van der Waals surface area contributed by atoms with Crippen LogP contribution < -0.4 is 5.32 Å². The summed E-state index contributed by atoms with van der Waals surface area (Å²) in [5.74, 6) is -0.513. The third-order valence-corrected chi connectivity index (χ3v) is 4.16. The third kappa shape index (κ3) is 2.57. The van der Waals surface area contributed by atoms with Gasteiger partial charge >= 0.3 is 0 Å². The first kappa shape index (κ1) is 13.2. The normalized spacial score (nSPS) is 17.4. The highest BCUT2D eigenvalue weighted by Gasteiger charge is 2.31. The molecule has 0 fully saturated rings. The fourth-order valence-electron chi connectivity index (χ4n) is 1.87. The van der Waals surface area contributed by atoms with Crippen LogP contribution in [0.5, 0.6) is 0 Å². The summed E-state index contributed by atoms with van der Waals surface area (Å²) in [6.45, 7) is 1.18. The van der Waals surface area contributed by atoms with Gasteiger partial charge in [0, 0.05) is 23.3 Å². The van der Waals surface area contributed by atoms with Gasteiger partial charge in [0.1, 0.15) is 0 Å². The van der Waals surface area contributed by atoms with Crippen molar-refractivity contribution in [3.05, 3.63) is 40.3 Å². The summed E-state index contributed by atoms with van der Waals surface area (Å²) in [6, 6.07) is 6.78. The van der Waals surface area contributed by atoms with Crippen molar-refractivity contribution >= 4 is 46.0 Å². The van der Waals surface area contributed by atoms with Crippen molar-refractivity contribution in [2.24, 2.45) is 4.99 Å². The smallest absolute Gasteiger partial charge is 0.262 e.